The van der Waals surface area contributed by atoms with E-state index >= 15 is 0 Å². The average molecular weight is 328 g/mol. The quantitative estimate of drug-likeness (QED) is 0.806. The Morgan fingerprint density at radius 2 is 1.78 bits per heavy atom. The van der Waals surface area contributed by atoms with Crippen molar-refractivity contribution in [2.45, 2.75) is 20.3 Å². The maximum Gasteiger partial charge on any atom is 0.253 e. The summed E-state index contributed by atoms with van der Waals surface area (Å²) in [4.78, 5) is 15.0. The first-order valence-electron chi connectivity index (χ1n) is 8.00. The minimum Gasteiger partial charge on any atom is -0.398 e. The van der Waals surface area contributed by atoms with Crippen LogP contribution in [0.15, 0.2) is 53.5 Å². The highest BCUT2D eigenvalue weighted by atomic mass is 32.1. The summed E-state index contributed by atoms with van der Waals surface area (Å²) in [6, 6.07) is 7.45. The van der Waals surface area contributed by atoms with E-state index in [9.17, 15) is 4.79 Å². The van der Waals surface area contributed by atoms with E-state index in [1.807, 2.05) is 50.3 Å². The van der Waals surface area contributed by atoms with Crippen molar-refractivity contribution in [2.75, 3.05) is 13.1 Å². The van der Waals surface area contributed by atoms with E-state index in [0.717, 1.165) is 16.9 Å². The van der Waals surface area contributed by atoms with E-state index in [2.05, 4.69) is 24.8 Å². The first-order valence-corrected chi connectivity index (χ1v) is 8.44. The van der Waals surface area contributed by atoms with Crippen molar-refractivity contribution in [3.8, 4) is 0 Å². The minimum atomic E-state index is 0.0514. The zero-order valence-corrected chi connectivity index (χ0v) is 14.6. The van der Waals surface area contributed by atoms with E-state index in [1.165, 1.54) is 0 Å². The van der Waals surface area contributed by atoms with Gasteiger partial charge in [-0.1, -0.05) is 36.4 Å². The predicted octanol–water partition coefficient (Wildman–Crippen LogP) is 3.86. The molecule has 1 aliphatic rings. The summed E-state index contributed by atoms with van der Waals surface area (Å²) in [6.45, 7) is 5.38. The fourth-order valence-corrected chi connectivity index (χ4v) is 2.94. The number of carbonyl (C=O) groups is 1. The first kappa shape index (κ1) is 17.4. The van der Waals surface area contributed by atoms with E-state index in [1.54, 1.807) is 4.90 Å². The van der Waals surface area contributed by atoms with Gasteiger partial charge in [0.1, 0.15) is 0 Å². The topological polar surface area (TPSA) is 46.3 Å². The highest BCUT2D eigenvalue weighted by Crippen LogP contribution is 2.29. The van der Waals surface area contributed by atoms with Gasteiger partial charge >= 0.3 is 0 Å². The number of benzene rings is 1. The fraction of sp³-hybridized carbons (Fsp3) is 0.316. The molecule has 2 N–H and O–H groups in total. The summed E-state index contributed by atoms with van der Waals surface area (Å²) in [7, 11) is 0. The van der Waals surface area contributed by atoms with Crippen molar-refractivity contribution >= 4 is 24.2 Å². The number of hydrogen-bond acceptors (Lipinski definition) is 3. The normalized spacial score (nSPS) is 17.8. The smallest absolute Gasteiger partial charge is 0.253 e. The Bertz CT molecular complexity index is 640. The minimum absolute atomic E-state index is 0.0514. The molecule has 1 aliphatic carbocycles. The molecule has 0 spiro atoms. The van der Waals surface area contributed by atoms with Gasteiger partial charge in [0.05, 0.1) is 0 Å². The van der Waals surface area contributed by atoms with Gasteiger partial charge in [-0.15, -0.1) is 12.6 Å². The molecule has 4 heteroatoms. The maximum atomic E-state index is 12.3. The second-order valence-corrected chi connectivity index (χ2v) is 5.99. The van der Waals surface area contributed by atoms with Gasteiger partial charge in [0.15, 0.2) is 0 Å². The Balaban J connectivity index is 2.20. The molecule has 2 rings (SSSR count). The van der Waals surface area contributed by atoms with Crippen LogP contribution in [-0.2, 0) is 0 Å². The van der Waals surface area contributed by atoms with Crippen LogP contribution in [0.5, 0.6) is 0 Å². The fourth-order valence-electron chi connectivity index (χ4n) is 2.62. The molecule has 1 atom stereocenters. The van der Waals surface area contributed by atoms with Crippen LogP contribution in [0.25, 0.3) is 5.70 Å². The largest absolute Gasteiger partial charge is 0.398 e. The SMILES string of the molecule is CCN(CC)C(=O)c1ccc(/C(N)=C(/S)C2C=CC=CC2)cc1. The molecule has 1 unspecified atom stereocenters. The van der Waals surface area contributed by atoms with Gasteiger partial charge in [0, 0.05) is 35.2 Å². The highest BCUT2D eigenvalue weighted by Gasteiger charge is 2.15. The molecule has 1 amide bonds. The Kier molecular flexibility index (Phi) is 6.11. The summed E-state index contributed by atoms with van der Waals surface area (Å²) in [5.74, 6) is 0.274. The van der Waals surface area contributed by atoms with Crippen LogP contribution in [0.2, 0.25) is 0 Å². The summed E-state index contributed by atoms with van der Waals surface area (Å²) in [5, 5.41) is 0. The lowest BCUT2D eigenvalue weighted by Crippen LogP contribution is -2.30. The lowest BCUT2D eigenvalue weighted by Gasteiger charge is -2.19. The lowest BCUT2D eigenvalue weighted by atomic mass is 9.97. The van der Waals surface area contributed by atoms with Gasteiger partial charge in [-0.2, -0.15) is 0 Å². The van der Waals surface area contributed by atoms with Crippen molar-refractivity contribution < 1.29 is 4.79 Å². The van der Waals surface area contributed by atoms with Gasteiger partial charge < -0.3 is 10.6 Å². The average Bonchev–Trinajstić information content (AvgIpc) is 2.62. The number of rotatable bonds is 5. The highest BCUT2D eigenvalue weighted by molar-refractivity contribution is 7.84. The first-order chi connectivity index (χ1) is 11.1. The molecule has 0 saturated heterocycles. The Labute approximate surface area is 144 Å². The van der Waals surface area contributed by atoms with Gasteiger partial charge in [0.2, 0.25) is 0 Å². The van der Waals surface area contributed by atoms with Crippen LogP contribution in [0.3, 0.4) is 0 Å². The van der Waals surface area contributed by atoms with Crippen LogP contribution in [-0.4, -0.2) is 23.9 Å². The van der Waals surface area contributed by atoms with E-state index < -0.39 is 0 Å². The molecule has 1 aromatic rings. The lowest BCUT2D eigenvalue weighted by molar-refractivity contribution is 0.0773. The van der Waals surface area contributed by atoms with Crippen LogP contribution >= 0.6 is 12.6 Å². The number of amides is 1. The number of nitrogens with two attached hydrogens (primary N) is 1. The summed E-state index contributed by atoms with van der Waals surface area (Å²) in [5.41, 5.74) is 8.51. The Morgan fingerprint density at radius 3 is 2.30 bits per heavy atom. The Hall–Kier alpha value is -1.94. The summed E-state index contributed by atoms with van der Waals surface area (Å²) >= 11 is 4.60. The number of carbonyl (C=O) groups excluding carboxylic acids is 1. The summed E-state index contributed by atoms with van der Waals surface area (Å²) < 4.78 is 0. The molecule has 23 heavy (non-hydrogen) atoms. The monoisotopic (exact) mass is 328 g/mol. The maximum absolute atomic E-state index is 12.3. The van der Waals surface area contributed by atoms with Gasteiger partial charge in [-0.3, -0.25) is 4.79 Å². The Morgan fingerprint density at radius 1 is 1.17 bits per heavy atom. The molecule has 0 aromatic heterocycles. The molecular weight excluding hydrogens is 304 g/mol. The van der Waals surface area contributed by atoms with Crippen molar-refractivity contribution in [1.82, 2.24) is 4.90 Å². The molecule has 0 bridgehead atoms. The van der Waals surface area contributed by atoms with Crippen LogP contribution in [0.4, 0.5) is 0 Å². The summed E-state index contributed by atoms with van der Waals surface area (Å²) in [6.07, 6.45) is 9.17. The molecule has 1 aromatic carbocycles. The molecule has 0 saturated carbocycles. The van der Waals surface area contributed by atoms with Gasteiger partial charge in [0.25, 0.3) is 5.91 Å². The van der Waals surface area contributed by atoms with Crippen molar-refractivity contribution in [3.63, 3.8) is 0 Å². The third-order valence-electron chi connectivity index (χ3n) is 4.10. The third-order valence-corrected chi connectivity index (χ3v) is 4.67. The third kappa shape index (κ3) is 4.08. The number of hydrogen-bond donors (Lipinski definition) is 2. The molecule has 0 fully saturated rings. The van der Waals surface area contributed by atoms with E-state index in [4.69, 9.17) is 5.73 Å². The zero-order valence-electron chi connectivity index (χ0n) is 13.7. The second kappa shape index (κ2) is 8.06. The predicted molar refractivity (Wildman–Crippen MR) is 100 cm³/mol. The molecule has 0 radical (unpaired) electrons. The number of thiol groups is 1. The van der Waals surface area contributed by atoms with Crippen LogP contribution in [0.1, 0.15) is 36.2 Å². The van der Waals surface area contributed by atoms with Crippen LogP contribution in [0, 0.1) is 5.92 Å². The number of nitrogens with zero attached hydrogens (tertiary/aromatic N) is 1. The molecule has 0 heterocycles. The van der Waals surface area contributed by atoms with Gasteiger partial charge in [-0.05, 0) is 38.0 Å². The van der Waals surface area contributed by atoms with Crippen LogP contribution < -0.4 is 5.73 Å². The van der Waals surface area contributed by atoms with E-state index in [0.29, 0.717) is 24.4 Å². The van der Waals surface area contributed by atoms with Crippen molar-refractivity contribution in [2.24, 2.45) is 11.7 Å². The number of allylic oxidation sites excluding steroid dienone is 5. The van der Waals surface area contributed by atoms with Crippen molar-refractivity contribution in [1.29, 1.82) is 0 Å². The van der Waals surface area contributed by atoms with E-state index in [-0.39, 0.29) is 11.8 Å². The molecular formula is C19H24N2OS. The standard InChI is InChI=1S/C19H24N2OS/c1-3-21(4-2)19(22)16-12-10-14(11-13-16)17(20)18(23)15-8-6-5-7-9-15/h5-8,10-13,15,23H,3-4,9,20H2,1-2H3/b18-17-. The second-order valence-electron chi connectivity index (χ2n) is 5.51. The zero-order chi connectivity index (χ0) is 16.8. The molecule has 0 aliphatic heterocycles. The molecule has 122 valence electrons. The van der Waals surface area contributed by atoms with Gasteiger partial charge in [-0.25, -0.2) is 0 Å². The molecule has 3 nitrogen and oxygen atoms in total. The van der Waals surface area contributed by atoms with Crippen molar-refractivity contribution in [3.05, 3.63) is 64.6 Å².